The van der Waals surface area contributed by atoms with E-state index < -0.39 is 169 Å². The monoisotopic (exact) mass is 3010 g/mol. The minimum atomic E-state index is -6.28. The summed E-state index contributed by atoms with van der Waals surface area (Å²) in [4.78, 5) is 60.7. The third-order valence-corrected chi connectivity index (χ3v) is 18.1. The van der Waals surface area contributed by atoms with Gasteiger partial charge in [0, 0.05) is 156 Å². The number of aromatic carboxylic acids is 2. The van der Waals surface area contributed by atoms with Crippen LogP contribution in [-0.4, -0.2) is 190 Å². The summed E-state index contributed by atoms with van der Waals surface area (Å²) in [5, 5.41) is 25.0. The van der Waals surface area contributed by atoms with Gasteiger partial charge in [0.05, 0.1) is 25.9 Å². The van der Waals surface area contributed by atoms with E-state index in [0.717, 1.165) is 102 Å². The van der Waals surface area contributed by atoms with Crippen molar-refractivity contribution in [3.63, 3.8) is 0 Å². The fourth-order valence-electron chi connectivity index (χ4n) is 11.0. The first-order valence-electron chi connectivity index (χ1n) is 38.4. The molecule has 5 aliphatic carbocycles. The molecule has 801 valence electrons. The van der Waals surface area contributed by atoms with E-state index in [1.54, 1.807) is 36.7 Å². The number of rotatable bonds is 11. The molecule has 4 N–H and O–H groups in total. The summed E-state index contributed by atoms with van der Waals surface area (Å²) in [5.74, 6) is -95.6. The van der Waals surface area contributed by atoms with Gasteiger partial charge in [-0.3, -0.25) is 4.79 Å². The van der Waals surface area contributed by atoms with E-state index in [2.05, 4.69) is 61.7 Å². The van der Waals surface area contributed by atoms with Gasteiger partial charge in [0.2, 0.25) is 0 Å². The van der Waals surface area contributed by atoms with Crippen molar-refractivity contribution in [1.82, 2.24) is 44.9 Å². The summed E-state index contributed by atoms with van der Waals surface area (Å²) in [6, 6.07) is 58.2. The summed E-state index contributed by atoms with van der Waals surface area (Å²) in [5.41, 5.74) is -8.70. The molecule has 0 unspecified atom stereocenters. The van der Waals surface area contributed by atoms with Crippen LogP contribution in [-0.2, 0) is 101 Å². The second-order valence-corrected chi connectivity index (χ2v) is 28.2. The van der Waals surface area contributed by atoms with Crippen LogP contribution in [0.5, 0.6) is 5.75 Å². The van der Waals surface area contributed by atoms with Crippen LogP contribution in [0.1, 0.15) is 63.3 Å². The number of aliphatic hydroxyl groups is 1. The molecule has 2 aromatic carbocycles. The Morgan fingerprint density at radius 1 is 0.279 bits per heavy atom. The maximum Gasteiger partial charge on any atom is 0.378 e. The number of aliphatic hydroxyl groups excluding tert-OH is 1. The minimum absolute atomic E-state index is 0. The predicted molar refractivity (Wildman–Crippen MR) is 433 cm³/mol. The zero-order valence-electron chi connectivity index (χ0n) is 72.5. The third kappa shape index (κ3) is 29.3. The number of nitrogens with zero attached hydrogens (tertiary/aromatic N) is 9. The van der Waals surface area contributed by atoms with Crippen LogP contribution in [0.25, 0.3) is 50.4 Å². The summed E-state index contributed by atoms with van der Waals surface area (Å²) >= 11 is 0. The second kappa shape index (κ2) is 52.0. The molecule has 11 aromatic rings. The Hall–Kier alpha value is -11.7. The first-order chi connectivity index (χ1) is 65.6. The zero-order valence-corrected chi connectivity index (χ0v) is 84.4. The molecule has 0 bridgehead atoms. The maximum absolute atomic E-state index is 13.5. The van der Waals surface area contributed by atoms with Crippen LogP contribution in [0, 0.1) is 42.5 Å². The van der Waals surface area contributed by atoms with E-state index in [1.807, 2.05) is 84.9 Å². The molecular weight excluding hydrogens is 2950 g/mol. The van der Waals surface area contributed by atoms with Gasteiger partial charge in [0.1, 0.15) is 17.1 Å². The van der Waals surface area contributed by atoms with E-state index >= 15 is 0 Å². The van der Waals surface area contributed by atoms with Gasteiger partial charge in [-0.15, -0.1) is 124 Å². The second-order valence-electron chi connectivity index (χ2n) is 28.2. The standard InChI is InChI=1S/2C11H4F8N.C11H6F6NO.2C11H8N.2C10H4F6N.2C6H5NO2.C5H8O2.5Ir/c2*12-8(13)5-6(7-3-1-2-4-20-7)9(14,15)11(18,19)10(8,16)17;1-19-6-2-3-18-8(4-6)7-5-9(12,13)11(16,17)10(7,14)15;2*1-2-6-10(7-3-1)11-8-4-5-9-12-11;2*11-8(12)5-6(7-3-1-2-4-17-7)9(13,14)10(8,15)16;2*8-6(9)5-3-1-2-4-7-5;1-4(6)3-5(2)7;;;;;/h2*1-4H;2-4H,1H3;2*1-6,8-9H;2*1-4H;2*1-4H,(H,8,9);3,6H,1-2H3;;;;;/q7*-1;;;;;;;;/p+1. The van der Waals surface area contributed by atoms with Crippen LogP contribution < -0.4 is 4.74 Å². The number of alkyl halides is 34. The van der Waals surface area contributed by atoms with Gasteiger partial charge in [0.15, 0.2) is 0 Å². The van der Waals surface area contributed by atoms with Crippen molar-refractivity contribution in [3.8, 4) is 28.3 Å². The molecule has 0 spiro atoms. The molecular formula is C92H57F34Ir5N9O7-6. The van der Waals surface area contributed by atoms with Crippen LogP contribution in [0.3, 0.4) is 0 Å². The Morgan fingerprint density at radius 2 is 0.497 bits per heavy atom. The fourth-order valence-corrected chi connectivity index (χ4v) is 11.0. The molecule has 0 amide bonds. The fraction of sp³-hybridized carbons (Fsp3) is 0.217. The van der Waals surface area contributed by atoms with Crippen molar-refractivity contribution >= 4 is 45.6 Å². The molecule has 147 heavy (non-hydrogen) atoms. The molecule has 0 saturated heterocycles. The number of allylic oxidation sites excluding steroid dienone is 12. The Kier molecular flexibility index (Phi) is 46.4. The third-order valence-electron chi connectivity index (χ3n) is 18.1. The number of carbonyl (C=O) groups is 2. The molecule has 0 saturated carbocycles. The van der Waals surface area contributed by atoms with Crippen LogP contribution in [0.2, 0.25) is 0 Å². The zero-order chi connectivity index (χ0) is 107. The molecule has 55 heteroatoms. The Balaban J connectivity index is 0.000000557. The van der Waals surface area contributed by atoms with Gasteiger partial charge in [-0.1, -0.05) is 95.2 Å². The molecule has 9 aromatic heterocycles. The van der Waals surface area contributed by atoms with Crippen molar-refractivity contribution in [2.45, 2.75) is 115 Å². The Bertz CT molecular complexity index is 5890. The van der Waals surface area contributed by atoms with E-state index in [1.165, 1.54) is 94.0 Å². The number of halogens is 34. The molecule has 0 fully saturated rings. The molecule has 5 radical (unpaired) electrons. The number of ether oxygens (including phenoxy) is 1. The van der Waals surface area contributed by atoms with Gasteiger partial charge in [-0.2, -0.15) is 136 Å². The van der Waals surface area contributed by atoms with Gasteiger partial charge >= 0.3 is 88.8 Å². The van der Waals surface area contributed by atoms with Crippen molar-refractivity contribution < 1.29 is 284 Å². The van der Waals surface area contributed by atoms with Crippen molar-refractivity contribution in [2.24, 2.45) is 0 Å². The van der Waals surface area contributed by atoms with Gasteiger partial charge in [-0.05, 0) is 85.0 Å². The summed E-state index contributed by atoms with van der Waals surface area (Å²) < 4.78 is 448. The molecule has 0 atom stereocenters. The Morgan fingerprint density at radius 3 is 0.673 bits per heavy atom. The van der Waals surface area contributed by atoms with E-state index in [-0.39, 0.29) is 129 Å². The molecule has 9 heterocycles. The SMILES string of the molecule is CC(=[OH+])C=C(C)O.COc1ccnc(C2=[C-]C(F)(F)C(F)(F)C2(F)F)c1.FC1(F)[C-]=C(c2ccccn2)C(F)(F)C(F)(F)C1(F)F.FC1(F)[C-]=C(c2ccccn2)C(F)(F)C(F)(F)C1(F)F.FC1(F)[C-]=C(c2ccccn2)C(F)(F)C1(F)F.FC1(F)[C-]=C(c2ccccn2)C(F)(F)C1(F)F.O=C(O)c1ccccn1.O=C(O)c1ccccn1.[Ir].[Ir].[Ir].[Ir].[Ir].[c-]1ccccc1-c1ccccn1.[c-]1ccccc1-c1ccccn1. The first kappa shape index (κ1) is 131. The number of carboxylic acids is 2. The number of pyridine rings is 9. The average molecular weight is 3010 g/mol. The van der Waals surface area contributed by atoms with Gasteiger partial charge < -0.3 is 54.9 Å². The Labute approximate surface area is 875 Å². The number of aromatic nitrogens is 9. The number of benzene rings is 2. The quantitative estimate of drug-likeness (QED) is 0.0359. The van der Waals surface area contributed by atoms with Gasteiger partial charge in [0.25, 0.3) is 29.6 Å². The first-order valence-corrected chi connectivity index (χ1v) is 38.4. The van der Waals surface area contributed by atoms with Gasteiger partial charge in [-0.25, -0.2) is 63.5 Å². The number of ketones is 1. The predicted octanol–water partition coefficient (Wildman–Crippen LogP) is 24.9. The van der Waals surface area contributed by atoms with Crippen LogP contribution in [0.4, 0.5) is 149 Å². The van der Waals surface area contributed by atoms with Crippen LogP contribution in [0.15, 0.2) is 274 Å². The minimum Gasteiger partial charge on any atom is -0.512 e. The molecule has 5 aliphatic rings. The summed E-state index contributed by atoms with van der Waals surface area (Å²) in [6.45, 7) is 3.00. The largest absolute Gasteiger partial charge is 0.512 e. The van der Waals surface area contributed by atoms with Crippen molar-refractivity contribution in [1.29, 1.82) is 0 Å². The number of hydrogen-bond acceptors (Lipinski definition) is 13. The van der Waals surface area contributed by atoms with Crippen molar-refractivity contribution in [2.75, 3.05) is 7.11 Å². The topological polar surface area (TPSA) is 241 Å². The van der Waals surface area contributed by atoms with E-state index in [0.29, 0.717) is 24.3 Å². The molecule has 16 rings (SSSR count). The number of carboxylic acid groups (broad SMARTS) is 2. The molecule has 0 aliphatic heterocycles. The number of methoxy groups -OCH3 is 1. The molecule has 16 nitrogen and oxygen atoms in total. The van der Waals surface area contributed by atoms with Crippen LogP contribution >= 0.6 is 0 Å². The normalized spacial score (nSPS) is 18.9. The van der Waals surface area contributed by atoms with E-state index in [9.17, 15) is 159 Å². The van der Waals surface area contributed by atoms with E-state index in [4.69, 9.17) is 20.1 Å². The smallest absolute Gasteiger partial charge is 0.378 e. The summed E-state index contributed by atoms with van der Waals surface area (Å²) in [7, 11) is 1.20. The number of hydrogen-bond donors (Lipinski definition) is 3. The van der Waals surface area contributed by atoms with Crippen molar-refractivity contribution in [3.05, 3.63) is 356 Å². The summed E-state index contributed by atoms with van der Waals surface area (Å²) in [6.07, 6.45) is 16.0. The average Bonchev–Trinajstić information content (AvgIpc) is 1.69. The maximum atomic E-state index is 13.5. The number of carbonyl (C=O) groups excluding carboxylic acids is 1.